The first-order valence-corrected chi connectivity index (χ1v) is 11.8. The molecule has 1 aliphatic heterocycles. The molecule has 8 heteroatoms. The summed E-state index contributed by atoms with van der Waals surface area (Å²) in [5.41, 5.74) is 1.37. The van der Waals surface area contributed by atoms with Gasteiger partial charge in [0.2, 0.25) is 11.7 Å². The Labute approximate surface area is 193 Å². The van der Waals surface area contributed by atoms with Crippen LogP contribution in [-0.4, -0.2) is 56.2 Å². The number of amides is 1. The van der Waals surface area contributed by atoms with Gasteiger partial charge in [0.15, 0.2) is 0 Å². The van der Waals surface area contributed by atoms with E-state index in [0.717, 1.165) is 68.8 Å². The van der Waals surface area contributed by atoms with Crippen LogP contribution < -0.4 is 4.74 Å². The van der Waals surface area contributed by atoms with Crippen molar-refractivity contribution in [2.24, 2.45) is 0 Å². The second kappa shape index (κ2) is 9.29. The third kappa shape index (κ3) is 4.21. The maximum Gasteiger partial charge on any atom is 0.233 e. The fraction of sp³-hybridized carbons (Fsp3) is 0.480. The lowest BCUT2D eigenvalue weighted by Crippen LogP contribution is -2.50. The normalized spacial score (nSPS) is 18.8. The predicted molar refractivity (Wildman–Crippen MR) is 124 cm³/mol. The van der Waals surface area contributed by atoms with Crippen LogP contribution in [0.4, 0.5) is 0 Å². The number of aromatic amines is 1. The molecule has 3 heterocycles. The van der Waals surface area contributed by atoms with E-state index in [9.17, 15) is 4.79 Å². The van der Waals surface area contributed by atoms with Gasteiger partial charge in [0.05, 0.1) is 18.7 Å². The molecular formula is C25H30N6O2. The molecule has 0 radical (unpaired) electrons. The standard InChI is InChI=1S/C25H30N6O2/c1-33-20-7-5-19(6-8-20)25(11-3-2-4-12-25)24(32)31-15-9-18(10-16-31)22-28-23(30-29-22)21-17-26-13-14-27-21/h5-8,13-14,17-18H,2-4,9-12,15-16H2,1H3,(H,28,29,30). The van der Waals surface area contributed by atoms with E-state index in [1.165, 1.54) is 6.42 Å². The van der Waals surface area contributed by atoms with Crippen LogP contribution in [0.3, 0.4) is 0 Å². The van der Waals surface area contributed by atoms with Crippen molar-refractivity contribution in [3.8, 4) is 17.3 Å². The molecule has 1 aliphatic carbocycles. The Hall–Kier alpha value is -3.29. The van der Waals surface area contributed by atoms with Crippen LogP contribution in [0.15, 0.2) is 42.9 Å². The number of carbonyl (C=O) groups excluding carboxylic acids is 1. The molecule has 33 heavy (non-hydrogen) atoms. The quantitative estimate of drug-likeness (QED) is 0.639. The summed E-state index contributed by atoms with van der Waals surface area (Å²) in [5.74, 6) is 2.80. The third-order valence-electron chi connectivity index (χ3n) is 7.22. The van der Waals surface area contributed by atoms with E-state index >= 15 is 0 Å². The van der Waals surface area contributed by atoms with E-state index in [-0.39, 0.29) is 11.8 Å². The van der Waals surface area contributed by atoms with Gasteiger partial charge >= 0.3 is 0 Å². The summed E-state index contributed by atoms with van der Waals surface area (Å²) in [5, 5.41) is 7.41. The lowest BCUT2D eigenvalue weighted by molar-refractivity contribution is -0.140. The number of nitrogens with zero attached hydrogens (tertiary/aromatic N) is 5. The summed E-state index contributed by atoms with van der Waals surface area (Å²) in [6, 6.07) is 8.11. The minimum absolute atomic E-state index is 0.260. The third-order valence-corrected chi connectivity index (χ3v) is 7.22. The Morgan fingerprint density at radius 1 is 1.09 bits per heavy atom. The number of nitrogens with one attached hydrogen (secondary N) is 1. The molecule has 2 aliphatic rings. The molecule has 2 aromatic heterocycles. The molecular weight excluding hydrogens is 416 g/mol. The topological polar surface area (TPSA) is 96.9 Å². The van der Waals surface area contributed by atoms with E-state index in [0.29, 0.717) is 11.5 Å². The smallest absolute Gasteiger partial charge is 0.233 e. The van der Waals surface area contributed by atoms with E-state index < -0.39 is 5.41 Å². The summed E-state index contributed by atoms with van der Waals surface area (Å²) in [7, 11) is 1.67. The van der Waals surface area contributed by atoms with Crippen molar-refractivity contribution in [2.45, 2.75) is 56.3 Å². The number of ether oxygens (including phenoxy) is 1. The van der Waals surface area contributed by atoms with Crippen molar-refractivity contribution in [3.05, 3.63) is 54.2 Å². The first-order chi connectivity index (χ1) is 16.2. The van der Waals surface area contributed by atoms with E-state index in [2.05, 4.69) is 42.2 Å². The number of hydrogen-bond acceptors (Lipinski definition) is 6. The maximum atomic E-state index is 13.9. The maximum absolute atomic E-state index is 13.9. The second-order valence-corrected chi connectivity index (χ2v) is 9.07. The highest BCUT2D eigenvalue weighted by molar-refractivity contribution is 5.88. The van der Waals surface area contributed by atoms with Crippen molar-refractivity contribution in [2.75, 3.05) is 20.2 Å². The van der Waals surface area contributed by atoms with Crippen LogP contribution in [0.5, 0.6) is 5.75 Å². The molecule has 1 N–H and O–H groups in total. The molecule has 1 aromatic carbocycles. The van der Waals surface area contributed by atoms with Crippen LogP contribution in [0.1, 0.15) is 62.3 Å². The number of likely N-dealkylation sites (tertiary alicyclic amines) is 1. The largest absolute Gasteiger partial charge is 0.497 e. The number of aromatic nitrogens is 5. The molecule has 1 saturated carbocycles. The number of hydrogen-bond donors (Lipinski definition) is 1. The Balaban J connectivity index is 1.29. The first-order valence-electron chi connectivity index (χ1n) is 11.8. The van der Waals surface area contributed by atoms with Gasteiger partial charge in [-0.05, 0) is 43.4 Å². The van der Waals surface area contributed by atoms with Crippen molar-refractivity contribution in [1.29, 1.82) is 0 Å². The molecule has 5 rings (SSSR count). The van der Waals surface area contributed by atoms with Crippen LogP contribution in [0.2, 0.25) is 0 Å². The zero-order chi connectivity index (χ0) is 22.7. The summed E-state index contributed by atoms with van der Waals surface area (Å²) in [6.07, 6.45) is 11.9. The molecule has 0 spiro atoms. The minimum atomic E-state index is -0.414. The van der Waals surface area contributed by atoms with Crippen molar-refractivity contribution >= 4 is 5.91 Å². The predicted octanol–water partition coefficient (Wildman–Crippen LogP) is 3.88. The van der Waals surface area contributed by atoms with E-state index in [4.69, 9.17) is 4.74 Å². The lowest BCUT2D eigenvalue weighted by atomic mass is 9.68. The molecule has 0 atom stereocenters. The van der Waals surface area contributed by atoms with Gasteiger partial charge in [0, 0.05) is 31.4 Å². The summed E-state index contributed by atoms with van der Waals surface area (Å²) < 4.78 is 5.33. The lowest BCUT2D eigenvalue weighted by Gasteiger charge is -2.42. The molecule has 172 valence electrons. The molecule has 1 amide bonds. The van der Waals surface area contributed by atoms with Gasteiger partial charge in [-0.3, -0.25) is 14.9 Å². The van der Waals surface area contributed by atoms with Gasteiger partial charge in [-0.25, -0.2) is 9.97 Å². The molecule has 0 unspecified atom stereocenters. The summed E-state index contributed by atoms with van der Waals surface area (Å²) in [4.78, 5) is 29.0. The first kappa shape index (κ1) is 21.6. The fourth-order valence-electron chi connectivity index (χ4n) is 5.34. The molecule has 0 bridgehead atoms. The zero-order valence-corrected chi connectivity index (χ0v) is 19.0. The van der Waals surface area contributed by atoms with E-state index in [1.807, 2.05) is 12.1 Å². The second-order valence-electron chi connectivity index (χ2n) is 9.07. The van der Waals surface area contributed by atoms with Crippen LogP contribution in [0, 0.1) is 0 Å². The van der Waals surface area contributed by atoms with Gasteiger partial charge < -0.3 is 9.64 Å². The molecule has 1 saturated heterocycles. The molecule has 3 aromatic rings. The SMILES string of the molecule is COc1ccc(C2(C(=O)N3CCC(c4nc(-c5cnccn5)n[nH]4)CC3)CCCCC2)cc1. The number of rotatable bonds is 5. The number of H-pyrrole nitrogens is 1. The minimum Gasteiger partial charge on any atom is -0.497 e. The zero-order valence-electron chi connectivity index (χ0n) is 19.0. The molecule has 8 nitrogen and oxygen atoms in total. The average molecular weight is 447 g/mol. The van der Waals surface area contributed by atoms with Gasteiger partial charge in [0.25, 0.3) is 0 Å². The van der Waals surface area contributed by atoms with Crippen LogP contribution >= 0.6 is 0 Å². The van der Waals surface area contributed by atoms with Crippen LogP contribution in [0.25, 0.3) is 11.5 Å². The highest BCUT2D eigenvalue weighted by atomic mass is 16.5. The number of carbonyl (C=O) groups is 1. The van der Waals surface area contributed by atoms with E-state index in [1.54, 1.807) is 25.7 Å². The van der Waals surface area contributed by atoms with Crippen molar-refractivity contribution < 1.29 is 9.53 Å². The monoisotopic (exact) mass is 446 g/mol. The summed E-state index contributed by atoms with van der Waals surface area (Å²) in [6.45, 7) is 1.48. The van der Waals surface area contributed by atoms with Gasteiger partial charge in [0.1, 0.15) is 17.3 Å². The fourth-order valence-corrected chi connectivity index (χ4v) is 5.34. The Morgan fingerprint density at radius 3 is 2.52 bits per heavy atom. The highest BCUT2D eigenvalue weighted by Crippen LogP contribution is 2.42. The molecule has 2 fully saturated rings. The summed E-state index contributed by atoms with van der Waals surface area (Å²) >= 11 is 0. The highest BCUT2D eigenvalue weighted by Gasteiger charge is 2.44. The Bertz CT molecular complexity index is 1070. The number of piperidine rings is 1. The van der Waals surface area contributed by atoms with Crippen LogP contribution in [-0.2, 0) is 10.2 Å². The van der Waals surface area contributed by atoms with Gasteiger partial charge in [-0.1, -0.05) is 31.4 Å². The van der Waals surface area contributed by atoms with Crippen molar-refractivity contribution in [1.82, 2.24) is 30.0 Å². The van der Waals surface area contributed by atoms with Crippen molar-refractivity contribution in [3.63, 3.8) is 0 Å². The Kier molecular flexibility index (Phi) is 6.07. The number of benzene rings is 1. The Morgan fingerprint density at radius 2 is 1.85 bits per heavy atom. The van der Waals surface area contributed by atoms with Gasteiger partial charge in [-0.2, -0.15) is 5.10 Å². The average Bonchev–Trinajstić information content (AvgIpc) is 3.40. The number of methoxy groups -OCH3 is 1. The van der Waals surface area contributed by atoms with Gasteiger partial charge in [-0.15, -0.1) is 0 Å².